The Hall–Kier alpha value is -3.63. The quantitative estimate of drug-likeness (QED) is 0.634. The Kier molecular flexibility index (Phi) is 5.18. The highest BCUT2D eigenvalue weighted by atomic mass is 19.4. The normalized spacial score (nSPS) is 21.9. The molecule has 2 aliphatic rings. The van der Waals surface area contributed by atoms with Crippen molar-refractivity contribution in [3.63, 3.8) is 0 Å². The minimum atomic E-state index is -4.40. The second-order valence-electron chi connectivity index (χ2n) is 8.30. The molecule has 0 radical (unpaired) electrons. The van der Waals surface area contributed by atoms with E-state index in [1.807, 2.05) is 4.90 Å². The van der Waals surface area contributed by atoms with Crippen LogP contribution in [0.15, 0.2) is 48.9 Å². The van der Waals surface area contributed by atoms with E-state index < -0.39 is 11.7 Å². The van der Waals surface area contributed by atoms with Crippen molar-refractivity contribution in [2.75, 3.05) is 19.0 Å². The average Bonchev–Trinajstić information content (AvgIpc) is 3.55. The van der Waals surface area contributed by atoms with Gasteiger partial charge in [0.1, 0.15) is 23.7 Å². The first-order chi connectivity index (χ1) is 15.8. The number of nitrogens with one attached hydrogen (secondary N) is 2. The predicted octanol–water partition coefficient (Wildman–Crippen LogP) is 2.82. The number of pyridine rings is 1. The zero-order chi connectivity index (χ0) is 23.2. The van der Waals surface area contributed by atoms with Crippen molar-refractivity contribution >= 4 is 11.7 Å². The number of hydrogen-bond acceptors (Lipinski definition) is 5. The first-order valence-corrected chi connectivity index (χ1v) is 10.5. The third-order valence-electron chi connectivity index (χ3n) is 6.29. The lowest BCUT2D eigenvalue weighted by atomic mass is 10.0. The van der Waals surface area contributed by atoms with E-state index in [9.17, 15) is 18.0 Å². The fraction of sp³-hybridized carbons (Fsp3) is 0.364. The van der Waals surface area contributed by atoms with Gasteiger partial charge in [0, 0.05) is 18.7 Å². The molecular formula is C22H22F3N6O2+. The molecule has 1 aliphatic heterocycles. The molecule has 3 heterocycles. The van der Waals surface area contributed by atoms with Crippen molar-refractivity contribution < 1.29 is 27.7 Å². The number of likely N-dealkylation sites (tertiary alicyclic amines) is 1. The summed E-state index contributed by atoms with van der Waals surface area (Å²) < 4.78 is 43.8. The fourth-order valence-corrected chi connectivity index (χ4v) is 4.78. The van der Waals surface area contributed by atoms with E-state index in [2.05, 4.69) is 20.5 Å². The van der Waals surface area contributed by atoms with Crippen molar-refractivity contribution in [3.8, 4) is 11.4 Å². The number of ether oxygens (including phenoxy) is 1. The second kappa shape index (κ2) is 8.05. The van der Waals surface area contributed by atoms with E-state index >= 15 is 0 Å². The molecule has 0 spiro atoms. The highest BCUT2D eigenvalue weighted by Gasteiger charge is 2.49. The molecule has 11 heteroatoms. The molecule has 5 rings (SSSR count). The number of hydrogen-bond donors (Lipinski definition) is 1. The van der Waals surface area contributed by atoms with Gasteiger partial charge in [-0.1, -0.05) is 0 Å². The number of alkyl halides is 3. The molecule has 3 atom stereocenters. The summed E-state index contributed by atoms with van der Waals surface area (Å²) in [6.45, 7) is 0.635. The molecule has 2 bridgehead atoms. The van der Waals surface area contributed by atoms with E-state index in [0.717, 1.165) is 25.1 Å². The van der Waals surface area contributed by atoms with Crippen LogP contribution in [0.2, 0.25) is 0 Å². The van der Waals surface area contributed by atoms with Crippen LogP contribution in [0.1, 0.15) is 28.8 Å². The van der Waals surface area contributed by atoms with Gasteiger partial charge in [-0.3, -0.25) is 10.1 Å². The van der Waals surface area contributed by atoms with Crippen molar-refractivity contribution in [2.24, 2.45) is 5.92 Å². The van der Waals surface area contributed by atoms with Gasteiger partial charge in [0.2, 0.25) is 0 Å². The lowest BCUT2D eigenvalue weighted by Gasteiger charge is -2.32. The van der Waals surface area contributed by atoms with E-state index in [0.29, 0.717) is 35.3 Å². The van der Waals surface area contributed by atoms with Crippen LogP contribution in [0.25, 0.3) is 5.69 Å². The second-order valence-corrected chi connectivity index (χ2v) is 8.30. The molecule has 2 N–H and O–H groups in total. The zero-order valence-corrected chi connectivity index (χ0v) is 17.7. The first kappa shape index (κ1) is 21.2. The van der Waals surface area contributed by atoms with Gasteiger partial charge in [0.05, 0.1) is 36.7 Å². The number of piperidine rings is 1. The van der Waals surface area contributed by atoms with Crippen LogP contribution in [-0.2, 0) is 6.18 Å². The summed E-state index contributed by atoms with van der Waals surface area (Å²) in [5.74, 6) is 1.26. The Morgan fingerprint density at radius 1 is 1.18 bits per heavy atom. The summed E-state index contributed by atoms with van der Waals surface area (Å²) in [4.78, 5) is 19.5. The third-order valence-corrected chi connectivity index (χ3v) is 6.29. The van der Waals surface area contributed by atoms with Crippen LogP contribution >= 0.6 is 0 Å². The molecule has 3 aromatic rings. The molecule has 1 aliphatic carbocycles. The number of anilines is 1. The van der Waals surface area contributed by atoms with Crippen LogP contribution in [0.4, 0.5) is 19.0 Å². The highest BCUT2D eigenvalue weighted by Crippen LogP contribution is 2.40. The van der Waals surface area contributed by atoms with Gasteiger partial charge < -0.3 is 9.64 Å². The summed E-state index contributed by atoms with van der Waals surface area (Å²) in [6.07, 6.45) is 1.30. The number of carbonyl (C=O) groups excluding carboxylic acids is 1. The maximum Gasteiger partial charge on any atom is 0.419 e. The minimum absolute atomic E-state index is 0.0646. The largest absolute Gasteiger partial charge is 0.497 e. The first-order valence-electron chi connectivity index (χ1n) is 10.5. The monoisotopic (exact) mass is 459 g/mol. The maximum atomic E-state index is 13.6. The van der Waals surface area contributed by atoms with Crippen molar-refractivity contribution in [1.29, 1.82) is 0 Å². The topological polar surface area (TPSA) is 86.4 Å². The molecule has 2 fully saturated rings. The Balaban J connectivity index is 1.37. The van der Waals surface area contributed by atoms with Crippen LogP contribution < -0.4 is 15.0 Å². The minimum Gasteiger partial charge on any atom is -0.497 e. The molecule has 8 nitrogen and oxygen atoms in total. The number of aromatic amines is 1. The maximum absolute atomic E-state index is 13.6. The van der Waals surface area contributed by atoms with Gasteiger partial charge in [-0.15, -0.1) is 0 Å². The van der Waals surface area contributed by atoms with Gasteiger partial charge in [0.15, 0.2) is 0 Å². The molecule has 172 valence electrons. The summed E-state index contributed by atoms with van der Waals surface area (Å²) in [5, 5.41) is 11.6. The van der Waals surface area contributed by atoms with Gasteiger partial charge >= 0.3 is 6.18 Å². The molecule has 2 aromatic heterocycles. The number of methoxy groups -OCH3 is 1. The Labute approximate surface area is 187 Å². The van der Waals surface area contributed by atoms with E-state index in [-0.39, 0.29) is 18.0 Å². The number of fused-ring (bicyclic) bond motifs is 2. The smallest absolute Gasteiger partial charge is 0.419 e. The van der Waals surface area contributed by atoms with Crippen molar-refractivity contribution in [2.45, 2.75) is 31.1 Å². The standard InChI is InChI=1S/C22H21F3N6O2/c1-33-15-3-4-16(18(10-15)31-27-6-7-28-31)21(32)30-12-13-8-17(19(30)9-13)29-20-5-2-14(11-26-20)22(23,24)25/h2-7,10-11,13,17,19H,8-9,12H2,1H3,(H,26,29)/p+1/t13-,17+,19-/m0/s1. The Morgan fingerprint density at radius 2 is 1.97 bits per heavy atom. The number of nitrogens with zero attached hydrogens (tertiary/aromatic N) is 4. The van der Waals surface area contributed by atoms with Gasteiger partial charge in [-0.25, -0.2) is 4.98 Å². The summed E-state index contributed by atoms with van der Waals surface area (Å²) >= 11 is 0. The fourth-order valence-electron chi connectivity index (χ4n) is 4.78. The molecule has 33 heavy (non-hydrogen) atoms. The van der Waals surface area contributed by atoms with E-state index in [4.69, 9.17) is 4.74 Å². The highest BCUT2D eigenvalue weighted by molar-refractivity contribution is 5.98. The van der Waals surface area contributed by atoms with Crippen LogP contribution in [0.5, 0.6) is 5.75 Å². The molecule has 0 unspecified atom stereocenters. The molecule has 1 saturated heterocycles. The lowest BCUT2D eigenvalue weighted by Crippen LogP contribution is -2.48. The van der Waals surface area contributed by atoms with Gasteiger partial charge in [-0.2, -0.15) is 28.2 Å². The molecular weight excluding hydrogens is 437 g/mol. The molecule has 1 aromatic carbocycles. The lowest BCUT2D eigenvalue weighted by molar-refractivity contribution is -0.365. The predicted molar refractivity (Wildman–Crippen MR) is 111 cm³/mol. The van der Waals surface area contributed by atoms with Crippen LogP contribution in [0, 0.1) is 5.92 Å². The number of halogens is 3. The van der Waals surface area contributed by atoms with E-state index in [1.54, 1.807) is 25.3 Å². The van der Waals surface area contributed by atoms with Crippen LogP contribution in [-0.4, -0.2) is 51.5 Å². The summed E-state index contributed by atoms with van der Waals surface area (Å²) in [5.41, 5.74) is 0.240. The summed E-state index contributed by atoms with van der Waals surface area (Å²) in [7, 11) is 1.55. The number of amides is 1. The number of aromatic nitrogens is 4. The van der Waals surface area contributed by atoms with Gasteiger partial charge in [0.25, 0.3) is 11.7 Å². The van der Waals surface area contributed by atoms with Crippen molar-refractivity contribution in [1.82, 2.24) is 19.9 Å². The van der Waals surface area contributed by atoms with E-state index in [1.165, 1.54) is 23.3 Å². The number of carbonyl (C=O) groups is 1. The SMILES string of the molecule is COc1ccc(C(=O)N2C[C@H]3C[C@@H](Nc4ccc(C(F)(F)F)c[nH+]4)[C@@H]2C3)c(-n2nccn2)c1. The Morgan fingerprint density at radius 3 is 2.61 bits per heavy atom. The number of H-pyrrole nitrogens is 1. The van der Waals surface area contributed by atoms with Gasteiger partial charge in [-0.05, 0) is 37.0 Å². The number of benzene rings is 1. The third kappa shape index (κ3) is 3.98. The van der Waals surface area contributed by atoms with Crippen LogP contribution in [0.3, 0.4) is 0 Å². The van der Waals surface area contributed by atoms with Crippen molar-refractivity contribution in [3.05, 3.63) is 60.0 Å². The molecule has 1 amide bonds. The summed E-state index contributed by atoms with van der Waals surface area (Å²) in [6, 6.07) is 7.43. The number of rotatable bonds is 5. The zero-order valence-electron chi connectivity index (χ0n) is 17.7. The molecule has 1 saturated carbocycles. The Bertz CT molecular complexity index is 1150. The average molecular weight is 459 g/mol.